The smallest absolute Gasteiger partial charge is 0.0604 e. The zero-order chi connectivity index (χ0) is 9.52. The maximum Gasteiger partial charge on any atom is 0.0604 e. The lowest BCUT2D eigenvalue weighted by Gasteiger charge is -2.35. The van der Waals surface area contributed by atoms with Crippen LogP contribution in [0.2, 0.25) is 0 Å². The molecule has 0 radical (unpaired) electrons. The minimum Gasteiger partial charge on any atom is -0.378 e. The summed E-state index contributed by atoms with van der Waals surface area (Å²) in [4.78, 5) is 0. The van der Waals surface area contributed by atoms with E-state index in [9.17, 15) is 0 Å². The Hall–Kier alpha value is -0.520. The molecule has 0 bridgehead atoms. The highest BCUT2D eigenvalue weighted by molar-refractivity contribution is 4.96. The van der Waals surface area contributed by atoms with Crippen LogP contribution in [0.3, 0.4) is 0 Å². The van der Waals surface area contributed by atoms with Gasteiger partial charge in [-0.25, -0.2) is 0 Å². The number of hydrogen-bond acceptors (Lipinski definition) is 2. The van der Waals surface area contributed by atoms with Crippen LogP contribution in [0.25, 0.3) is 0 Å². The molecule has 0 aromatic heterocycles. The van der Waals surface area contributed by atoms with E-state index in [1.54, 1.807) is 0 Å². The monoisotopic (exact) mass is 181 g/mol. The molecule has 1 aliphatic carbocycles. The van der Waals surface area contributed by atoms with Crippen LogP contribution in [0.5, 0.6) is 0 Å². The number of nitrogens with one attached hydrogen (secondary N) is 1. The van der Waals surface area contributed by atoms with Crippen molar-refractivity contribution in [1.82, 2.24) is 5.32 Å². The van der Waals surface area contributed by atoms with Crippen molar-refractivity contribution in [3.8, 4) is 11.8 Å². The average molecular weight is 181 g/mol. The molecule has 0 amide bonds. The molecule has 0 heterocycles. The number of ether oxygens (including phenoxy) is 1. The molecule has 0 unspecified atom stereocenters. The first-order chi connectivity index (χ1) is 6.36. The summed E-state index contributed by atoms with van der Waals surface area (Å²) in [5.74, 6) is 5.94. The zero-order valence-electron chi connectivity index (χ0n) is 8.60. The van der Waals surface area contributed by atoms with Crippen LogP contribution in [0.4, 0.5) is 0 Å². The molecule has 0 aliphatic heterocycles. The summed E-state index contributed by atoms with van der Waals surface area (Å²) in [6.07, 6.45) is 3.83. The van der Waals surface area contributed by atoms with E-state index in [-0.39, 0.29) is 0 Å². The molecular formula is C11H19NO. The number of hydrogen-bond donors (Lipinski definition) is 1. The first kappa shape index (κ1) is 10.6. The maximum absolute atomic E-state index is 5.47. The number of rotatable bonds is 5. The van der Waals surface area contributed by atoms with Gasteiger partial charge in [-0.15, -0.1) is 11.8 Å². The lowest BCUT2D eigenvalue weighted by molar-refractivity contribution is -0.00954. The van der Waals surface area contributed by atoms with Crippen molar-refractivity contribution in [3.05, 3.63) is 0 Å². The molecule has 0 atom stereocenters. The molecule has 13 heavy (non-hydrogen) atoms. The van der Waals surface area contributed by atoms with Crippen LogP contribution in [0.1, 0.15) is 33.1 Å². The van der Waals surface area contributed by atoms with Gasteiger partial charge in [0.2, 0.25) is 0 Å². The van der Waals surface area contributed by atoms with Gasteiger partial charge >= 0.3 is 0 Å². The highest BCUT2D eigenvalue weighted by atomic mass is 16.5. The highest BCUT2D eigenvalue weighted by Gasteiger charge is 2.28. The fourth-order valence-electron chi connectivity index (χ4n) is 1.57. The summed E-state index contributed by atoms with van der Waals surface area (Å²) in [7, 11) is 0. The van der Waals surface area contributed by atoms with Gasteiger partial charge in [0.1, 0.15) is 0 Å². The van der Waals surface area contributed by atoms with Gasteiger partial charge in [0, 0.05) is 25.6 Å². The summed E-state index contributed by atoms with van der Waals surface area (Å²) >= 11 is 0. The average Bonchev–Trinajstić information content (AvgIpc) is 2.07. The van der Waals surface area contributed by atoms with Gasteiger partial charge in [-0.2, -0.15) is 0 Å². The lowest BCUT2D eigenvalue weighted by atomic mass is 9.89. The van der Waals surface area contributed by atoms with Gasteiger partial charge in [-0.1, -0.05) is 0 Å². The van der Waals surface area contributed by atoms with Crippen LogP contribution in [0.15, 0.2) is 0 Å². The molecule has 1 rings (SSSR count). The standard InChI is InChI=1S/C11H19NO/c1-3-5-6-7-12-10-8-11(9-10)13-4-2/h10-12H,4,6-9H2,1-2H3. The van der Waals surface area contributed by atoms with Crippen molar-refractivity contribution in [2.75, 3.05) is 13.2 Å². The fraction of sp³-hybridized carbons (Fsp3) is 0.818. The molecule has 1 fully saturated rings. The van der Waals surface area contributed by atoms with E-state index in [1.165, 1.54) is 12.8 Å². The summed E-state index contributed by atoms with van der Waals surface area (Å²) < 4.78 is 5.47. The Balaban J connectivity index is 1.91. The normalized spacial score (nSPS) is 26.0. The van der Waals surface area contributed by atoms with Crippen LogP contribution in [0, 0.1) is 11.8 Å². The molecule has 1 saturated carbocycles. The van der Waals surface area contributed by atoms with E-state index in [1.807, 2.05) is 6.92 Å². The largest absolute Gasteiger partial charge is 0.378 e. The van der Waals surface area contributed by atoms with E-state index in [2.05, 4.69) is 24.1 Å². The van der Waals surface area contributed by atoms with E-state index in [0.29, 0.717) is 12.1 Å². The predicted octanol–water partition coefficient (Wildman–Crippen LogP) is 1.56. The van der Waals surface area contributed by atoms with Gasteiger partial charge in [-0.05, 0) is 26.7 Å². The van der Waals surface area contributed by atoms with Crippen molar-refractivity contribution in [1.29, 1.82) is 0 Å². The second kappa shape index (κ2) is 6.01. The maximum atomic E-state index is 5.47. The van der Waals surface area contributed by atoms with E-state index >= 15 is 0 Å². The van der Waals surface area contributed by atoms with Crippen LogP contribution >= 0.6 is 0 Å². The first-order valence-corrected chi connectivity index (χ1v) is 5.11. The summed E-state index contributed by atoms with van der Waals surface area (Å²) in [6.45, 7) is 5.80. The highest BCUT2D eigenvalue weighted by Crippen LogP contribution is 2.22. The van der Waals surface area contributed by atoms with Crippen molar-refractivity contribution in [2.45, 2.75) is 45.3 Å². The minimum absolute atomic E-state index is 0.514. The summed E-state index contributed by atoms with van der Waals surface area (Å²) in [6, 6.07) is 0.676. The van der Waals surface area contributed by atoms with Gasteiger partial charge < -0.3 is 10.1 Å². The van der Waals surface area contributed by atoms with Gasteiger partial charge in [-0.3, -0.25) is 0 Å². The van der Waals surface area contributed by atoms with E-state index in [4.69, 9.17) is 4.74 Å². The molecule has 0 aromatic carbocycles. The topological polar surface area (TPSA) is 21.3 Å². The quantitative estimate of drug-likeness (QED) is 0.513. The Kier molecular flexibility index (Phi) is 4.88. The molecule has 1 aliphatic rings. The van der Waals surface area contributed by atoms with Crippen molar-refractivity contribution in [3.63, 3.8) is 0 Å². The van der Waals surface area contributed by atoms with Gasteiger partial charge in [0.25, 0.3) is 0 Å². The molecule has 0 spiro atoms. The lowest BCUT2D eigenvalue weighted by Crippen LogP contribution is -2.45. The van der Waals surface area contributed by atoms with Crippen molar-refractivity contribution < 1.29 is 4.74 Å². The second-order valence-electron chi connectivity index (χ2n) is 3.38. The van der Waals surface area contributed by atoms with Crippen molar-refractivity contribution in [2.24, 2.45) is 0 Å². The molecule has 2 nitrogen and oxygen atoms in total. The Bertz CT molecular complexity index is 186. The molecule has 74 valence electrons. The van der Waals surface area contributed by atoms with Crippen LogP contribution < -0.4 is 5.32 Å². The first-order valence-electron chi connectivity index (χ1n) is 5.11. The van der Waals surface area contributed by atoms with Crippen molar-refractivity contribution >= 4 is 0 Å². The molecule has 0 saturated heterocycles. The summed E-state index contributed by atoms with van der Waals surface area (Å²) in [5, 5.41) is 3.46. The SMILES string of the molecule is CC#CCCNC1CC(OCC)C1. The molecular weight excluding hydrogens is 162 g/mol. The van der Waals surface area contributed by atoms with E-state index < -0.39 is 0 Å². The van der Waals surface area contributed by atoms with Crippen LogP contribution in [-0.4, -0.2) is 25.3 Å². The van der Waals surface area contributed by atoms with Crippen LogP contribution in [-0.2, 0) is 4.74 Å². The zero-order valence-corrected chi connectivity index (χ0v) is 8.60. The molecule has 0 aromatic rings. The third-order valence-electron chi connectivity index (χ3n) is 2.36. The third-order valence-corrected chi connectivity index (χ3v) is 2.36. The Morgan fingerprint density at radius 3 is 2.85 bits per heavy atom. The van der Waals surface area contributed by atoms with E-state index in [0.717, 1.165) is 19.6 Å². The summed E-state index contributed by atoms with van der Waals surface area (Å²) in [5.41, 5.74) is 0. The third kappa shape index (κ3) is 3.80. The molecule has 2 heteroatoms. The van der Waals surface area contributed by atoms with Gasteiger partial charge in [0.15, 0.2) is 0 Å². The molecule has 1 N–H and O–H groups in total. The Morgan fingerprint density at radius 2 is 2.23 bits per heavy atom. The Labute approximate surface area is 81.0 Å². The second-order valence-corrected chi connectivity index (χ2v) is 3.38. The minimum atomic E-state index is 0.514. The fourth-order valence-corrected chi connectivity index (χ4v) is 1.57. The predicted molar refractivity (Wildman–Crippen MR) is 54.5 cm³/mol. The Morgan fingerprint density at radius 1 is 1.46 bits per heavy atom. The van der Waals surface area contributed by atoms with Gasteiger partial charge in [0.05, 0.1) is 6.10 Å².